The number of nitrogens with zero attached hydrogens (tertiary/aromatic N) is 2. The summed E-state index contributed by atoms with van der Waals surface area (Å²) >= 11 is 5.95. The Kier molecular flexibility index (Phi) is 4.59. The van der Waals surface area contributed by atoms with E-state index in [0.717, 1.165) is 22.4 Å². The Morgan fingerprint density at radius 3 is 2.52 bits per heavy atom. The number of anilines is 1. The molecule has 0 aliphatic heterocycles. The Morgan fingerprint density at radius 2 is 1.84 bits per heavy atom. The molecule has 1 N–H and O–H groups in total. The van der Waals surface area contributed by atoms with E-state index >= 15 is 0 Å². The summed E-state index contributed by atoms with van der Waals surface area (Å²) in [5.74, 6) is -0.277. The number of amides is 1. The summed E-state index contributed by atoms with van der Waals surface area (Å²) in [6, 6.07) is 8.94. The zero-order valence-corrected chi connectivity index (χ0v) is 15.0. The highest BCUT2D eigenvalue weighted by Crippen LogP contribution is 2.22. The van der Waals surface area contributed by atoms with E-state index in [0.29, 0.717) is 15.9 Å². The Hall–Kier alpha value is -2.66. The number of carbonyl (C=O) groups excluding carboxylic acids is 1. The van der Waals surface area contributed by atoms with E-state index in [1.54, 1.807) is 18.2 Å². The highest BCUT2D eigenvalue weighted by molar-refractivity contribution is 6.31. The molecule has 0 saturated heterocycles. The monoisotopic (exact) mass is 355 g/mol. The molecule has 0 atom stereocenters. The van der Waals surface area contributed by atoms with Crippen molar-refractivity contribution in [3.05, 3.63) is 68.7 Å². The van der Waals surface area contributed by atoms with Gasteiger partial charge in [-0.2, -0.15) is 0 Å². The van der Waals surface area contributed by atoms with Crippen molar-refractivity contribution in [1.82, 2.24) is 9.55 Å². The van der Waals surface area contributed by atoms with Crippen molar-refractivity contribution in [3.8, 4) is 0 Å². The minimum atomic E-state index is -0.292. The lowest BCUT2D eigenvalue weighted by Crippen LogP contribution is -2.28. The van der Waals surface area contributed by atoms with Crippen LogP contribution in [0.25, 0.3) is 10.9 Å². The maximum atomic E-state index is 12.5. The second kappa shape index (κ2) is 6.69. The maximum absolute atomic E-state index is 12.5. The van der Waals surface area contributed by atoms with Crippen LogP contribution in [0.4, 0.5) is 5.69 Å². The first kappa shape index (κ1) is 17.2. The molecule has 1 aromatic heterocycles. The van der Waals surface area contributed by atoms with Gasteiger partial charge in [0.05, 0.1) is 17.2 Å². The Labute approximate surface area is 150 Å². The van der Waals surface area contributed by atoms with Gasteiger partial charge >= 0.3 is 0 Å². The molecule has 0 aliphatic carbocycles. The first-order valence-electron chi connectivity index (χ1n) is 7.87. The van der Waals surface area contributed by atoms with Gasteiger partial charge in [-0.3, -0.25) is 14.2 Å². The van der Waals surface area contributed by atoms with E-state index in [4.69, 9.17) is 11.6 Å². The van der Waals surface area contributed by atoms with Crippen molar-refractivity contribution >= 4 is 34.1 Å². The van der Waals surface area contributed by atoms with Gasteiger partial charge in [0.15, 0.2) is 0 Å². The molecule has 0 spiro atoms. The molecule has 5 nitrogen and oxygen atoms in total. The van der Waals surface area contributed by atoms with Crippen LogP contribution in [0.5, 0.6) is 0 Å². The molecule has 0 unspecified atom stereocenters. The number of halogens is 1. The summed E-state index contributed by atoms with van der Waals surface area (Å²) in [7, 11) is 0. The third-order valence-electron chi connectivity index (χ3n) is 4.04. The highest BCUT2D eigenvalue weighted by atomic mass is 35.5. The van der Waals surface area contributed by atoms with Crippen LogP contribution in [-0.4, -0.2) is 15.5 Å². The molecule has 0 aliphatic rings. The molecule has 0 radical (unpaired) electrons. The minimum absolute atomic E-state index is 0.110. The lowest BCUT2D eigenvalue weighted by Gasteiger charge is -2.13. The molecule has 0 fully saturated rings. The van der Waals surface area contributed by atoms with Crippen molar-refractivity contribution in [3.63, 3.8) is 0 Å². The van der Waals surface area contributed by atoms with Gasteiger partial charge in [0.25, 0.3) is 5.56 Å². The summed E-state index contributed by atoms with van der Waals surface area (Å²) in [5.41, 5.74) is 4.15. The molecule has 128 valence electrons. The van der Waals surface area contributed by atoms with Gasteiger partial charge in [0, 0.05) is 10.7 Å². The summed E-state index contributed by atoms with van der Waals surface area (Å²) in [6.07, 6.45) is 1.38. The van der Waals surface area contributed by atoms with Gasteiger partial charge in [0.2, 0.25) is 5.91 Å². The molecule has 25 heavy (non-hydrogen) atoms. The molecule has 6 heteroatoms. The van der Waals surface area contributed by atoms with Crippen LogP contribution in [0.15, 0.2) is 41.5 Å². The molecule has 2 aromatic carbocycles. The van der Waals surface area contributed by atoms with Gasteiger partial charge in [-0.05, 0) is 50.1 Å². The number of nitrogens with one attached hydrogen (secondary N) is 1. The number of aromatic nitrogens is 2. The normalized spacial score (nSPS) is 10.9. The highest BCUT2D eigenvalue weighted by Gasteiger charge is 2.11. The van der Waals surface area contributed by atoms with E-state index in [9.17, 15) is 9.59 Å². The van der Waals surface area contributed by atoms with Gasteiger partial charge in [-0.15, -0.1) is 0 Å². The number of benzene rings is 2. The molecule has 0 bridgehead atoms. The number of hydrogen-bond donors (Lipinski definition) is 1. The van der Waals surface area contributed by atoms with E-state index in [1.807, 2.05) is 32.9 Å². The Bertz CT molecular complexity index is 1020. The first-order valence-corrected chi connectivity index (χ1v) is 8.25. The molecular weight excluding hydrogens is 338 g/mol. The first-order chi connectivity index (χ1) is 11.8. The van der Waals surface area contributed by atoms with Gasteiger partial charge in [0.1, 0.15) is 6.54 Å². The van der Waals surface area contributed by atoms with Crippen molar-refractivity contribution in [2.75, 3.05) is 5.32 Å². The minimum Gasteiger partial charge on any atom is -0.324 e. The van der Waals surface area contributed by atoms with Crippen LogP contribution in [0, 0.1) is 20.8 Å². The number of rotatable bonds is 3. The van der Waals surface area contributed by atoms with Crippen LogP contribution >= 0.6 is 11.6 Å². The fourth-order valence-corrected chi connectivity index (χ4v) is 3.13. The quantitative estimate of drug-likeness (QED) is 0.780. The third-order valence-corrected chi connectivity index (χ3v) is 4.28. The van der Waals surface area contributed by atoms with Crippen LogP contribution in [0.3, 0.4) is 0 Å². The molecule has 3 aromatic rings. The molecule has 1 heterocycles. The van der Waals surface area contributed by atoms with Crippen LogP contribution < -0.4 is 10.9 Å². The van der Waals surface area contributed by atoms with Gasteiger partial charge in [-0.1, -0.05) is 29.3 Å². The number of fused-ring (bicyclic) bond motifs is 1. The summed E-state index contributed by atoms with van der Waals surface area (Å²) in [6.45, 7) is 5.79. The second-order valence-corrected chi connectivity index (χ2v) is 6.60. The van der Waals surface area contributed by atoms with Crippen LogP contribution in [0.2, 0.25) is 5.02 Å². The van der Waals surface area contributed by atoms with Gasteiger partial charge < -0.3 is 5.32 Å². The number of aryl methyl sites for hydroxylation is 3. The topological polar surface area (TPSA) is 64.0 Å². The van der Waals surface area contributed by atoms with Gasteiger partial charge in [-0.25, -0.2) is 4.98 Å². The molecule has 0 saturated carbocycles. The summed E-state index contributed by atoms with van der Waals surface area (Å²) < 4.78 is 1.28. The third kappa shape index (κ3) is 3.56. The average molecular weight is 356 g/mol. The smallest absolute Gasteiger partial charge is 0.261 e. The zero-order chi connectivity index (χ0) is 18.1. The van der Waals surface area contributed by atoms with Crippen molar-refractivity contribution in [2.45, 2.75) is 27.3 Å². The zero-order valence-electron chi connectivity index (χ0n) is 14.3. The summed E-state index contributed by atoms with van der Waals surface area (Å²) in [5, 5.41) is 3.74. The maximum Gasteiger partial charge on any atom is 0.261 e. The second-order valence-electron chi connectivity index (χ2n) is 6.16. The van der Waals surface area contributed by atoms with E-state index in [-0.39, 0.29) is 18.0 Å². The lowest BCUT2D eigenvalue weighted by molar-refractivity contribution is -0.116. The fraction of sp³-hybridized carbons (Fsp3) is 0.211. The number of carbonyl (C=O) groups is 1. The number of hydrogen-bond acceptors (Lipinski definition) is 3. The predicted molar refractivity (Wildman–Crippen MR) is 100 cm³/mol. The molecule has 3 rings (SSSR count). The van der Waals surface area contributed by atoms with E-state index < -0.39 is 0 Å². The van der Waals surface area contributed by atoms with Crippen LogP contribution in [0.1, 0.15) is 16.7 Å². The summed E-state index contributed by atoms with van der Waals surface area (Å²) in [4.78, 5) is 29.1. The lowest BCUT2D eigenvalue weighted by atomic mass is 10.1. The van der Waals surface area contributed by atoms with Crippen molar-refractivity contribution in [1.29, 1.82) is 0 Å². The van der Waals surface area contributed by atoms with E-state index in [2.05, 4.69) is 10.3 Å². The Balaban J connectivity index is 1.88. The average Bonchev–Trinajstić information content (AvgIpc) is 2.54. The van der Waals surface area contributed by atoms with E-state index in [1.165, 1.54) is 10.9 Å². The fourth-order valence-electron chi connectivity index (χ4n) is 2.95. The molecular formula is C19H18ClN3O2. The SMILES string of the molecule is Cc1cc(C)c(NC(=O)Cn2cnc3ccc(Cl)cc3c2=O)c(C)c1. The molecule has 1 amide bonds. The standard InChI is InChI=1S/C19H18ClN3O2/c1-11-6-12(2)18(13(3)7-11)22-17(24)9-23-10-21-16-5-4-14(20)8-15(16)19(23)25/h4-8,10H,9H2,1-3H3,(H,22,24). The largest absolute Gasteiger partial charge is 0.324 e. The van der Waals surface area contributed by atoms with Crippen molar-refractivity contribution in [2.24, 2.45) is 0 Å². The Morgan fingerprint density at radius 1 is 1.16 bits per heavy atom. The predicted octanol–water partition coefficient (Wildman–Crippen LogP) is 3.61. The van der Waals surface area contributed by atoms with Crippen molar-refractivity contribution < 1.29 is 4.79 Å². The van der Waals surface area contributed by atoms with Crippen LogP contribution in [-0.2, 0) is 11.3 Å².